The maximum absolute atomic E-state index is 6.07. The molecular weight excluding hydrogens is 398 g/mol. The smallest absolute Gasteiger partial charge is 0.365 e. The largest absolute Gasteiger partial charge is 0.481 e. The van der Waals surface area contributed by atoms with Gasteiger partial charge in [-0.1, -0.05) is 71.4 Å². The van der Waals surface area contributed by atoms with Crippen LogP contribution in [0.3, 0.4) is 0 Å². The Morgan fingerprint density at radius 2 is 1.72 bits per heavy atom. The number of fused-ring (bicyclic) bond motifs is 1. The van der Waals surface area contributed by atoms with Gasteiger partial charge in [0.2, 0.25) is 5.70 Å². The quantitative estimate of drug-likeness (QED) is 0.361. The number of aliphatic imine (C=N–C) groups is 1. The summed E-state index contributed by atoms with van der Waals surface area (Å²) in [4.78, 5) is 9.83. The zero-order valence-electron chi connectivity index (χ0n) is 18.4. The molecule has 1 aliphatic heterocycles. The average Bonchev–Trinajstić information content (AvgIpc) is 3.41. The molecule has 1 heterocycles. The second-order valence-electron chi connectivity index (χ2n) is 8.05. The van der Waals surface area contributed by atoms with E-state index in [2.05, 4.69) is 41.7 Å². The predicted molar refractivity (Wildman–Crippen MR) is 125 cm³/mol. The second kappa shape index (κ2) is 8.79. The molecule has 1 aliphatic carbocycles. The fourth-order valence-electron chi connectivity index (χ4n) is 4.55. The Labute approximate surface area is 188 Å². The fraction of sp³-hybridized carbons (Fsp3) is 0.222. The van der Waals surface area contributed by atoms with Crippen LogP contribution in [0.2, 0.25) is 0 Å². The lowest BCUT2D eigenvalue weighted by atomic mass is 9.93. The van der Waals surface area contributed by atoms with Gasteiger partial charge in [-0.2, -0.15) is 0 Å². The predicted octanol–water partition coefficient (Wildman–Crippen LogP) is 5.97. The van der Waals surface area contributed by atoms with E-state index in [-0.39, 0.29) is 0 Å². The van der Waals surface area contributed by atoms with Crippen molar-refractivity contribution in [2.75, 3.05) is 13.7 Å². The second-order valence-corrected chi connectivity index (χ2v) is 8.05. The van der Waals surface area contributed by atoms with Crippen molar-refractivity contribution in [3.63, 3.8) is 0 Å². The first-order chi connectivity index (χ1) is 15.7. The highest BCUT2D eigenvalue weighted by molar-refractivity contribution is 5.88. The molecule has 32 heavy (non-hydrogen) atoms. The minimum absolute atomic E-state index is 0.298. The Balaban J connectivity index is 1.31. The molecule has 160 valence electrons. The molecule has 0 saturated carbocycles. The third-order valence-electron chi connectivity index (χ3n) is 6.14. The van der Waals surface area contributed by atoms with Gasteiger partial charge in [-0.15, -0.1) is 0 Å². The van der Waals surface area contributed by atoms with Crippen LogP contribution in [0.25, 0.3) is 5.70 Å². The molecular formula is C27H26N3O2+. The van der Waals surface area contributed by atoms with Crippen LogP contribution in [0.5, 0.6) is 5.75 Å². The monoisotopic (exact) mass is 424 g/mol. The van der Waals surface area contributed by atoms with E-state index in [0.29, 0.717) is 18.4 Å². The van der Waals surface area contributed by atoms with Gasteiger partial charge in [0.05, 0.1) is 0 Å². The Bertz CT molecular complexity index is 1210. The van der Waals surface area contributed by atoms with Crippen LogP contribution in [0.15, 0.2) is 94.8 Å². The number of hydrogen-bond acceptors (Lipinski definition) is 4. The van der Waals surface area contributed by atoms with E-state index in [4.69, 9.17) is 14.6 Å². The summed E-state index contributed by atoms with van der Waals surface area (Å²) in [7, 11) is 1.53. The van der Waals surface area contributed by atoms with Crippen molar-refractivity contribution in [1.29, 1.82) is 0 Å². The van der Waals surface area contributed by atoms with E-state index >= 15 is 0 Å². The van der Waals surface area contributed by atoms with Crippen molar-refractivity contribution in [3.8, 4) is 5.75 Å². The third kappa shape index (κ3) is 3.82. The first-order valence-corrected chi connectivity index (χ1v) is 10.9. The Kier molecular flexibility index (Phi) is 5.55. The van der Waals surface area contributed by atoms with E-state index in [0.717, 1.165) is 35.5 Å². The van der Waals surface area contributed by atoms with Crippen LogP contribution >= 0.6 is 0 Å². The summed E-state index contributed by atoms with van der Waals surface area (Å²) in [6.45, 7) is 2.28. The van der Waals surface area contributed by atoms with E-state index in [9.17, 15) is 0 Å². The minimum atomic E-state index is 0.298. The highest BCUT2D eigenvalue weighted by Crippen LogP contribution is 2.38. The first kappa shape index (κ1) is 20.2. The van der Waals surface area contributed by atoms with Crippen molar-refractivity contribution >= 4 is 11.5 Å². The van der Waals surface area contributed by atoms with Crippen molar-refractivity contribution in [2.45, 2.75) is 25.7 Å². The summed E-state index contributed by atoms with van der Waals surface area (Å²) < 4.78 is 7.77. The van der Waals surface area contributed by atoms with Gasteiger partial charge in [-0.3, -0.25) is 0 Å². The molecule has 2 aliphatic rings. The molecule has 5 nitrogen and oxygen atoms in total. The Morgan fingerprint density at radius 3 is 2.50 bits per heavy atom. The van der Waals surface area contributed by atoms with E-state index < -0.39 is 0 Å². The summed E-state index contributed by atoms with van der Waals surface area (Å²) in [6.07, 6.45) is 2.31. The number of amidine groups is 1. The number of aryl methyl sites for hydroxylation is 1. The minimum Gasteiger partial charge on any atom is -0.481 e. The number of benzene rings is 3. The molecule has 0 radical (unpaired) electrons. The van der Waals surface area contributed by atoms with Gasteiger partial charge in [-0.05, 0) is 46.7 Å². The molecule has 3 aromatic carbocycles. The summed E-state index contributed by atoms with van der Waals surface area (Å²) in [5.41, 5.74) is 7.08. The lowest BCUT2D eigenvalue weighted by Gasteiger charge is -2.13. The normalized spacial score (nSPS) is 18.6. The van der Waals surface area contributed by atoms with E-state index in [1.54, 1.807) is 4.70 Å². The number of hydrogen-bond donors (Lipinski definition) is 0. The maximum atomic E-state index is 6.07. The van der Waals surface area contributed by atoms with Crippen molar-refractivity contribution in [3.05, 3.63) is 107 Å². The van der Waals surface area contributed by atoms with E-state index in [1.165, 1.54) is 23.8 Å². The van der Waals surface area contributed by atoms with Gasteiger partial charge in [0.1, 0.15) is 18.1 Å². The number of ether oxygens (including phenoxy) is 1. The summed E-state index contributed by atoms with van der Waals surface area (Å²) in [6, 6.07) is 27.3. The number of nitrogens with zero attached hydrogens (tertiary/aromatic N) is 3. The van der Waals surface area contributed by atoms with Gasteiger partial charge in [0.15, 0.2) is 12.3 Å². The molecule has 0 N–H and O–H groups in total. The summed E-state index contributed by atoms with van der Waals surface area (Å²) in [5, 5.41) is 4.13. The number of allylic oxidation sites excluding steroid dienone is 1. The highest BCUT2D eigenvalue weighted by Gasteiger charge is 2.34. The van der Waals surface area contributed by atoms with Crippen LogP contribution in [-0.4, -0.2) is 24.2 Å². The van der Waals surface area contributed by atoms with Gasteiger partial charge < -0.3 is 9.57 Å². The lowest BCUT2D eigenvalue weighted by molar-refractivity contribution is -0.463. The molecule has 5 rings (SSSR count). The molecule has 0 aromatic heterocycles. The third-order valence-corrected chi connectivity index (χ3v) is 6.14. The molecule has 0 spiro atoms. The molecule has 5 heteroatoms. The van der Waals surface area contributed by atoms with Crippen LogP contribution < -0.4 is 4.74 Å². The average molecular weight is 425 g/mol. The van der Waals surface area contributed by atoms with Gasteiger partial charge in [0.25, 0.3) is 0 Å². The Hall–Kier alpha value is -3.73. The summed E-state index contributed by atoms with van der Waals surface area (Å²) >= 11 is 0. The topological polar surface area (TPSA) is 46.2 Å². The zero-order chi connectivity index (χ0) is 21.9. The van der Waals surface area contributed by atoms with Crippen LogP contribution in [0, 0.1) is 0 Å². The van der Waals surface area contributed by atoms with Gasteiger partial charge in [0, 0.05) is 18.4 Å². The SMILES string of the molecule is CON=[N+]1C(COc2ccc(C3CCc4ccccc43)cc2)=NC(c2ccccc2)=C1C. The van der Waals surface area contributed by atoms with Crippen LogP contribution in [0.4, 0.5) is 0 Å². The van der Waals surface area contributed by atoms with E-state index in [1.807, 2.05) is 49.4 Å². The molecule has 1 unspecified atom stereocenters. The van der Waals surface area contributed by atoms with Crippen molar-refractivity contribution in [1.82, 2.24) is 0 Å². The zero-order valence-corrected chi connectivity index (χ0v) is 18.4. The van der Waals surface area contributed by atoms with Crippen LogP contribution in [-0.2, 0) is 11.3 Å². The molecule has 3 aromatic rings. The fourth-order valence-corrected chi connectivity index (χ4v) is 4.55. The van der Waals surface area contributed by atoms with Gasteiger partial charge >= 0.3 is 5.84 Å². The van der Waals surface area contributed by atoms with Crippen molar-refractivity contribution < 1.29 is 14.3 Å². The standard InChI is InChI=1S/C27H26N3O2/c1-19-27(22-9-4-3-5-10-22)28-26(30(19)29-31-2)18-32-23-15-12-21(13-16-23)25-17-14-20-8-6-7-11-24(20)25/h3-13,15-16,25H,14,17-18H2,1-2H3/q+1. The summed E-state index contributed by atoms with van der Waals surface area (Å²) in [5.74, 6) is 1.97. The lowest BCUT2D eigenvalue weighted by Crippen LogP contribution is -2.21. The molecule has 0 amide bonds. The van der Waals surface area contributed by atoms with Gasteiger partial charge in [-0.25, -0.2) is 0 Å². The Morgan fingerprint density at radius 1 is 0.969 bits per heavy atom. The number of rotatable bonds is 6. The van der Waals surface area contributed by atoms with Crippen molar-refractivity contribution in [2.24, 2.45) is 10.3 Å². The maximum Gasteiger partial charge on any atom is 0.365 e. The first-order valence-electron chi connectivity index (χ1n) is 10.9. The molecule has 1 atom stereocenters. The highest BCUT2D eigenvalue weighted by atomic mass is 16.6. The molecule has 0 fully saturated rings. The molecule has 0 saturated heterocycles. The van der Waals surface area contributed by atoms with Crippen LogP contribution in [0.1, 0.15) is 41.5 Å². The molecule has 0 bridgehead atoms.